The zero-order chi connectivity index (χ0) is 16.9. The van der Waals surface area contributed by atoms with Crippen molar-refractivity contribution in [1.29, 1.82) is 0 Å². The van der Waals surface area contributed by atoms with Crippen LogP contribution in [0.5, 0.6) is 11.5 Å². The fraction of sp³-hybridized carbons (Fsp3) is 0.250. The molecule has 0 radical (unpaired) electrons. The molecule has 0 aliphatic carbocycles. The Hall–Kier alpha value is -2.35. The summed E-state index contributed by atoms with van der Waals surface area (Å²) in [5.41, 5.74) is 0.580. The number of thioether (sulfide) groups is 1. The number of hydrogen-bond acceptors (Lipinski definition) is 5. The number of amides is 1. The van der Waals surface area contributed by atoms with Crippen LogP contribution < -0.4 is 14.8 Å². The molecular weight excluding hydrogens is 338 g/mol. The maximum Gasteiger partial charge on any atom is 0.290 e. The van der Waals surface area contributed by atoms with E-state index in [1.54, 1.807) is 18.2 Å². The SMILES string of the molecule is O=C(Nc1ccc2c(c1)OCCCO2)c1cccnc1SC(F)F. The molecule has 0 unspecified atom stereocenters. The standard InChI is InChI=1S/C16H14F2N2O3S/c17-16(18)24-15-11(3-1-6-19-15)14(21)20-10-4-5-12-13(9-10)23-8-2-7-22-12/h1,3-6,9,16H,2,7-8H2,(H,20,21). The van der Waals surface area contributed by atoms with E-state index in [0.29, 0.717) is 30.4 Å². The van der Waals surface area contributed by atoms with Gasteiger partial charge < -0.3 is 14.8 Å². The molecule has 0 spiro atoms. The first-order valence-electron chi connectivity index (χ1n) is 7.24. The van der Waals surface area contributed by atoms with Gasteiger partial charge in [-0.1, -0.05) is 0 Å². The van der Waals surface area contributed by atoms with Gasteiger partial charge in [-0.05, 0) is 36.0 Å². The first-order chi connectivity index (χ1) is 11.6. The molecule has 1 N–H and O–H groups in total. The van der Waals surface area contributed by atoms with E-state index in [4.69, 9.17) is 9.47 Å². The lowest BCUT2D eigenvalue weighted by atomic mass is 10.2. The third kappa shape index (κ3) is 3.94. The third-order valence-electron chi connectivity index (χ3n) is 3.22. The number of anilines is 1. The molecule has 0 bridgehead atoms. The van der Waals surface area contributed by atoms with Gasteiger partial charge >= 0.3 is 0 Å². The molecule has 0 atom stereocenters. The number of halogens is 2. The molecular formula is C16H14F2N2O3S. The molecule has 1 aromatic heterocycles. The highest BCUT2D eigenvalue weighted by Crippen LogP contribution is 2.33. The van der Waals surface area contributed by atoms with Crippen molar-refractivity contribution in [3.05, 3.63) is 42.1 Å². The molecule has 1 aliphatic heterocycles. The molecule has 0 fully saturated rings. The predicted molar refractivity (Wildman–Crippen MR) is 86.1 cm³/mol. The van der Waals surface area contributed by atoms with Crippen LogP contribution in [0.25, 0.3) is 0 Å². The summed E-state index contributed by atoms with van der Waals surface area (Å²) >= 11 is 0.240. The Morgan fingerprint density at radius 3 is 2.79 bits per heavy atom. The minimum atomic E-state index is -2.65. The molecule has 3 rings (SSSR count). The van der Waals surface area contributed by atoms with Crippen molar-refractivity contribution in [2.24, 2.45) is 0 Å². The lowest BCUT2D eigenvalue weighted by Gasteiger charge is -2.11. The Morgan fingerprint density at radius 1 is 1.21 bits per heavy atom. The number of pyridine rings is 1. The quantitative estimate of drug-likeness (QED) is 0.848. The summed E-state index contributed by atoms with van der Waals surface area (Å²) in [7, 11) is 0. The first kappa shape index (κ1) is 16.5. The summed E-state index contributed by atoms with van der Waals surface area (Å²) in [5.74, 6) is -2.01. The topological polar surface area (TPSA) is 60.5 Å². The second-order valence-corrected chi connectivity index (χ2v) is 5.88. The van der Waals surface area contributed by atoms with Crippen molar-refractivity contribution in [2.75, 3.05) is 18.5 Å². The zero-order valence-electron chi connectivity index (χ0n) is 12.5. The summed E-state index contributed by atoms with van der Waals surface area (Å²) in [6.45, 7) is 1.10. The highest BCUT2D eigenvalue weighted by Gasteiger charge is 2.18. The third-order valence-corrected chi connectivity index (χ3v) is 3.95. The van der Waals surface area contributed by atoms with Gasteiger partial charge in [0.25, 0.3) is 11.7 Å². The average molecular weight is 352 g/mol. The lowest BCUT2D eigenvalue weighted by Crippen LogP contribution is -2.14. The van der Waals surface area contributed by atoms with E-state index in [1.165, 1.54) is 18.3 Å². The van der Waals surface area contributed by atoms with Crippen molar-refractivity contribution in [3.8, 4) is 11.5 Å². The van der Waals surface area contributed by atoms with Gasteiger partial charge in [-0.3, -0.25) is 4.79 Å². The van der Waals surface area contributed by atoms with Crippen molar-refractivity contribution in [1.82, 2.24) is 4.98 Å². The molecule has 2 aromatic rings. The first-order valence-corrected chi connectivity index (χ1v) is 8.12. The number of carbonyl (C=O) groups excluding carboxylic acids is 1. The van der Waals surface area contributed by atoms with Crippen LogP contribution in [-0.4, -0.2) is 29.9 Å². The molecule has 126 valence electrons. The van der Waals surface area contributed by atoms with E-state index in [1.807, 2.05) is 0 Å². The Kier molecular flexibility index (Phi) is 5.14. The van der Waals surface area contributed by atoms with Crippen molar-refractivity contribution < 1.29 is 23.0 Å². The molecule has 1 aliphatic rings. The zero-order valence-corrected chi connectivity index (χ0v) is 13.3. The maximum atomic E-state index is 12.6. The van der Waals surface area contributed by atoms with Crippen molar-refractivity contribution >= 4 is 23.4 Å². The predicted octanol–water partition coefficient (Wildman–Crippen LogP) is 3.81. The Morgan fingerprint density at radius 2 is 2.00 bits per heavy atom. The summed E-state index contributed by atoms with van der Waals surface area (Å²) < 4.78 is 36.2. The van der Waals surface area contributed by atoms with E-state index < -0.39 is 11.7 Å². The Labute approximate surface area is 141 Å². The van der Waals surface area contributed by atoms with E-state index in [0.717, 1.165) is 6.42 Å². The number of carbonyl (C=O) groups is 1. The van der Waals surface area contributed by atoms with Gasteiger partial charge in [-0.2, -0.15) is 8.78 Å². The van der Waals surface area contributed by atoms with Crippen LogP contribution in [0.1, 0.15) is 16.8 Å². The van der Waals surface area contributed by atoms with Gasteiger partial charge in [-0.15, -0.1) is 0 Å². The highest BCUT2D eigenvalue weighted by atomic mass is 32.2. The molecule has 1 amide bonds. The van der Waals surface area contributed by atoms with Gasteiger partial charge in [0.05, 0.1) is 18.8 Å². The second-order valence-electron chi connectivity index (χ2n) is 4.90. The number of nitrogens with zero attached hydrogens (tertiary/aromatic N) is 1. The fourth-order valence-electron chi connectivity index (χ4n) is 2.18. The smallest absolute Gasteiger partial charge is 0.290 e. The summed E-state index contributed by atoms with van der Waals surface area (Å²) in [6.07, 6.45) is 2.15. The van der Waals surface area contributed by atoms with Crippen LogP contribution in [0.3, 0.4) is 0 Å². The molecule has 1 aromatic carbocycles. The van der Waals surface area contributed by atoms with Crippen LogP contribution in [0.15, 0.2) is 41.6 Å². The highest BCUT2D eigenvalue weighted by molar-refractivity contribution is 7.99. The minimum Gasteiger partial charge on any atom is -0.490 e. The molecule has 5 nitrogen and oxygen atoms in total. The van der Waals surface area contributed by atoms with Gasteiger partial charge in [0, 0.05) is 24.4 Å². The molecule has 8 heteroatoms. The maximum absolute atomic E-state index is 12.6. The number of ether oxygens (including phenoxy) is 2. The molecule has 0 saturated carbocycles. The van der Waals surface area contributed by atoms with Crippen LogP contribution in [-0.2, 0) is 0 Å². The van der Waals surface area contributed by atoms with Crippen LogP contribution in [0.4, 0.5) is 14.5 Å². The Balaban J connectivity index is 1.79. The fourth-order valence-corrected chi connectivity index (χ4v) is 2.76. The van der Waals surface area contributed by atoms with E-state index in [-0.39, 0.29) is 22.4 Å². The minimum absolute atomic E-state index is 0.0145. The van der Waals surface area contributed by atoms with Crippen molar-refractivity contribution in [2.45, 2.75) is 17.2 Å². The number of benzene rings is 1. The van der Waals surface area contributed by atoms with E-state index >= 15 is 0 Å². The normalized spacial score (nSPS) is 13.5. The van der Waals surface area contributed by atoms with Gasteiger partial charge in [0.2, 0.25) is 0 Å². The number of aromatic nitrogens is 1. The lowest BCUT2D eigenvalue weighted by molar-refractivity contribution is 0.102. The second kappa shape index (κ2) is 7.48. The number of rotatable bonds is 4. The monoisotopic (exact) mass is 352 g/mol. The molecule has 0 saturated heterocycles. The van der Waals surface area contributed by atoms with Crippen LogP contribution >= 0.6 is 11.8 Å². The van der Waals surface area contributed by atoms with Crippen LogP contribution in [0.2, 0.25) is 0 Å². The number of alkyl halides is 2. The van der Waals surface area contributed by atoms with Gasteiger partial charge in [0.15, 0.2) is 11.5 Å². The largest absolute Gasteiger partial charge is 0.490 e. The van der Waals surface area contributed by atoms with Crippen molar-refractivity contribution in [3.63, 3.8) is 0 Å². The van der Waals surface area contributed by atoms with Crippen LogP contribution in [0, 0.1) is 0 Å². The van der Waals surface area contributed by atoms with E-state index in [9.17, 15) is 13.6 Å². The molecule has 2 heterocycles. The Bertz CT molecular complexity index is 743. The average Bonchev–Trinajstić information content (AvgIpc) is 2.79. The number of fused-ring (bicyclic) bond motifs is 1. The number of hydrogen-bond donors (Lipinski definition) is 1. The summed E-state index contributed by atoms with van der Waals surface area (Å²) in [6, 6.07) is 8.00. The molecule has 24 heavy (non-hydrogen) atoms. The number of nitrogens with one attached hydrogen (secondary N) is 1. The summed E-state index contributed by atoms with van der Waals surface area (Å²) in [5, 5.41) is 2.66. The summed E-state index contributed by atoms with van der Waals surface area (Å²) in [4.78, 5) is 16.2. The van der Waals surface area contributed by atoms with E-state index in [2.05, 4.69) is 10.3 Å². The van der Waals surface area contributed by atoms with Gasteiger partial charge in [0.1, 0.15) is 5.03 Å². The van der Waals surface area contributed by atoms with Gasteiger partial charge in [-0.25, -0.2) is 4.98 Å².